The monoisotopic (exact) mass is 256 g/mol. The predicted molar refractivity (Wildman–Crippen MR) is 73.5 cm³/mol. The Morgan fingerprint density at radius 2 is 2.17 bits per heavy atom. The molecule has 4 nitrogen and oxygen atoms in total. The Kier molecular flexibility index (Phi) is 6.65. The fourth-order valence-electron chi connectivity index (χ4n) is 2.49. The Labute approximate surface area is 111 Å². The Morgan fingerprint density at radius 3 is 2.78 bits per heavy atom. The maximum atomic E-state index is 11.8. The summed E-state index contributed by atoms with van der Waals surface area (Å²) in [6.07, 6.45) is 4.44. The van der Waals surface area contributed by atoms with Crippen molar-refractivity contribution in [2.45, 2.75) is 51.6 Å². The van der Waals surface area contributed by atoms with Crippen LogP contribution in [0, 0.1) is 5.92 Å². The van der Waals surface area contributed by atoms with Crippen molar-refractivity contribution in [3.8, 4) is 0 Å². The molecule has 0 aromatic heterocycles. The molecule has 0 saturated carbocycles. The number of carbonyl (C=O) groups excluding carboxylic acids is 1. The number of likely N-dealkylation sites (tertiary alicyclic amines) is 1. The molecular weight excluding hydrogens is 228 g/mol. The third-order valence-electron chi connectivity index (χ3n) is 4.04. The van der Waals surface area contributed by atoms with Gasteiger partial charge in [0.1, 0.15) is 6.04 Å². The van der Waals surface area contributed by atoms with Gasteiger partial charge in [0.25, 0.3) is 0 Å². The summed E-state index contributed by atoms with van der Waals surface area (Å²) >= 11 is 0. The van der Waals surface area contributed by atoms with E-state index in [0.717, 1.165) is 32.4 Å². The van der Waals surface area contributed by atoms with Crippen LogP contribution in [-0.2, 0) is 9.53 Å². The molecule has 0 aromatic rings. The van der Waals surface area contributed by atoms with E-state index in [1.54, 1.807) is 0 Å². The molecule has 1 aliphatic rings. The van der Waals surface area contributed by atoms with Crippen LogP contribution in [0.25, 0.3) is 0 Å². The normalized spacial score (nSPS) is 25.2. The molecule has 0 aliphatic carbocycles. The van der Waals surface area contributed by atoms with Crippen LogP contribution in [0.4, 0.5) is 0 Å². The summed E-state index contributed by atoms with van der Waals surface area (Å²) in [7, 11) is 3.63. The predicted octanol–water partition coefficient (Wildman–Crippen LogP) is 1.65. The molecule has 0 aromatic carbocycles. The number of esters is 1. The van der Waals surface area contributed by atoms with Crippen molar-refractivity contribution in [2.75, 3.05) is 27.2 Å². The van der Waals surface area contributed by atoms with Crippen LogP contribution in [-0.4, -0.2) is 50.2 Å². The molecule has 0 radical (unpaired) electrons. The number of rotatable bonds is 5. The Hall–Kier alpha value is -0.610. The smallest absolute Gasteiger partial charge is 0.323 e. The lowest BCUT2D eigenvalue weighted by molar-refractivity contribution is -0.144. The summed E-state index contributed by atoms with van der Waals surface area (Å²) in [5.74, 6) is 0.195. The van der Waals surface area contributed by atoms with Crippen molar-refractivity contribution in [1.29, 1.82) is 0 Å². The molecule has 1 heterocycles. The first-order valence-corrected chi connectivity index (χ1v) is 7.10. The molecule has 1 N–H and O–H groups in total. The molecule has 1 rings (SSSR count). The molecule has 3 unspecified atom stereocenters. The van der Waals surface area contributed by atoms with Crippen LogP contribution in [0.15, 0.2) is 0 Å². The molecule has 106 valence electrons. The van der Waals surface area contributed by atoms with Crippen LogP contribution in [0.1, 0.15) is 39.5 Å². The zero-order chi connectivity index (χ0) is 13.5. The summed E-state index contributed by atoms with van der Waals surface area (Å²) in [5, 5.41) is 3.52. The minimum absolute atomic E-state index is 0.123. The van der Waals surface area contributed by atoms with E-state index < -0.39 is 0 Å². The van der Waals surface area contributed by atoms with E-state index in [0.29, 0.717) is 12.0 Å². The highest BCUT2D eigenvalue weighted by molar-refractivity contribution is 5.76. The number of carbonyl (C=O) groups is 1. The summed E-state index contributed by atoms with van der Waals surface area (Å²) in [6.45, 7) is 6.48. The first kappa shape index (κ1) is 15.4. The average Bonchev–Trinajstić information content (AvgIpc) is 2.59. The number of methoxy groups -OCH3 is 1. The van der Waals surface area contributed by atoms with E-state index in [4.69, 9.17) is 4.74 Å². The largest absolute Gasteiger partial charge is 0.468 e. The van der Waals surface area contributed by atoms with Gasteiger partial charge in [0.05, 0.1) is 7.11 Å². The minimum Gasteiger partial charge on any atom is -0.468 e. The number of hydrogen-bond donors (Lipinski definition) is 1. The van der Waals surface area contributed by atoms with E-state index in [-0.39, 0.29) is 12.0 Å². The van der Waals surface area contributed by atoms with Crippen molar-refractivity contribution in [3.05, 3.63) is 0 Å². The molecule has 0 bridgehead atoms. The molecule has 1 aliphatic heterocycles. The highest BCUT2D eigenvalue weighted by Crippen LogP contribution is 2.15. The highest BCUT2D eigenvalue weighted by atomic mass is 16.5. The van der Waals surface area contributed by atoms with E-state index in [9.17, 15) is 4.79 Å². The lowest BCUT2D eigenvalue weighted by Gasteiger charge is -2.27. The molecule has 3 atom stereocenters. The number of ether oxygens (including phenoxy) is 1. The first-order chi connectivity index (χ1) is 8.58. The lowest BCUT2D eigenvalue weighted by Crippen LogP contribution is -2.47. The second kappa shape index (κ2) is 7.74. The van der Waals surface area contributed by atoms with E-state index in [2.05, 4.69) is 31.1 Å². The van der Waals surface area contributed by atoms with Gasteiger partial charge >= 0.3 is 5.97 Å². The van der Waals surface area contributed by atoms with Crippen molar-refractivity contribution in [3.63, 3.8) is 0 Å². The summed E-state index contributed by atoms with van der Waals surface area (Å²) in [5.41, 5.74) is 0. The van der Waals surface area contributed by atoms with Gasteiger partial charge in [-0.3, -0.25) is 4.79 Å². The van der Waals surface area contributed by atoms with Gasteiger partial charge in [0.2, 0.25) is 0 Å². The summed E-state index contributed by atoms with van der Waals surface area (Å²) < 4.78 is 4.92. The number of nitrogens with one attached hydrogen (secondary N) is 1. The van der Waals surface area contributed by atoms with Gasteiger partial charge in [-0.15, -0.1) is 0 Å². The SMILES string of the molecule is CCC(C)C(NC1CCCN(C)CC1)C(=O)OC. The second-order valence-corrected chi connectivity index (χ2v) is 5.48. The molecule has 1 saturated heterocycles. The van der Waals surface area contributed by atoms with Crippen LogP contribution in [0.3, 0.4) is 0 Å². The second-order valence-electron chi connectivity index (χ2n) is 5.48. The van der Waals surface area contributed by atoms with Gasteiger partial charge in [-0.25, -0.2) is 0 Å². The molecule has 18 heavy (non-hydrogen) atoms. The standard InChI is InChI=1S/C14H28N2O2/c1-5-11(2)13(14(17)18-4)15-12-7-6-9-16(3)10-8-12/h11-13,15H,5-10H2,1-4H3. The number of nitrogens with zero attached hydrogens (tertiary/aromatic N) is 1. The Balaban J connectivity index is 2.56. The fourth-order valence-corrected chi connectivity index (χ4v) is 2.49. The van der Waals surface area contributed by atoms with E-state index in [1.807, 2.05) is 0 Å². The third-order valence-corrected chi connectivity index (χ3v) is 4.04. The van der Waals surface area contributed by atoms with Gasteiger partial charge in [-0.2, -0.15) is 0 Å². The molecule has 0 spiro atoms. The number of hydrogen-bond acceptors (Lipinski definition) is 4. The van der Waals surface area contributed by atoms with Crippen molar-refractivity contribution < 1.29 is 9.53 Å². The average molecular weight is 256 g/mol. The zero-order valence-corrected chi connectivity index (χ0v) is 12.2. The van der Waals surface area contributed by atoms with Gasteiger partial charge in [-0.1, -0.05) is 20.3 Å². The highest BCUT2D eigenvalue weighted by Gasteiger charge is 2.28. The molecule has 1 fully saturated rings. The quantitative estimate of drug-likeness (QED) is 0.759. The fraction of sp³-hybridized carbons (Fsp3) is 0.929. The summed E-state index contributed by atoms with van der Waals surface area (Å²) in [6, 6.07) is 0.279. The molecular formula is C14H28N2O2. The van der Waals surface area contributed by atoms with Crippen LogP contribution in [0.5, 0.6) is 0 Å². The van der Waals surface area contributed by atoms with Crippen LogP contribution in [0.2, 0.25) is 0 Å². The molecule has 0 amide bonds. The first-order valence-electron chi connectivity index (χ1n) is 7.10. The maximum absolute atomic E-state index is 11.8. The topological polar surface area (TPSA) is 41.6 Å². The van der Waals surface area contributed by atoms with E-state index >= 15 is 0 Å². The third kappa shape index (κ3) is 4.58. The van der Waals surface area contributed by atoms with Crippen LogP contribution >= 0.6 is 0 Å². The Morgan fingerprint density at radius 1 is 1.44 bits per heavy atom. The lowest BCUT2D eigenvalue weighted by atomic mass is 9.97. The van der Waals surface area contributed by atoms with Gasteiger partial charge in [-0.05, 0) is 45.3 Å². The van der Waals surface area contributed by atoms with Gasteiger partial charge in [0.15, 0.2) is 0 Å². The van der Waals surface area contributed by atoms with Gasteiger partial charge < -0.3 is 15.0 Å². The molecule has 4 heteroatoms. The van der Waals surface area contributed by atoms with Crippen molar-refractivity contribution in [1.82, 2.24) is 10.2 Å². The minimum atomic E-state index is -0.159. The van der Waals surface area contributed by atoms with Crippen molar-refractivity contribution >= 4 is 5.97 Å². The Bertz CT molecular complexity index is 258. The van der Waals surface area contributed by atoms with Crippen LogP contribution < -0.4 is 5.32 Å². The zero-order valence-electron chi connectivity index (χ0n) is 12.2. The van der Waals surface area contributed by atoms with Crippen molar-refractivity contribution in [2.24, 2.45) is 5.92 Å². The van der Waals surface area contributed by atoms with E-state index in [1.165, 1.54) is 13.5 Å². The maximum Gasteiger partial charge on any atom is 0.323 e. The van der Waals surface area contributed by atoms with Gasteiger partial charge in [0, 0.05) is 6.04 Å². The summed E-state index contributed by atoms with van der Waals surface area (Å²) in [4.78, 5) is 14.2.